The molecule has 0 unspecified atom stereocenters. The van der Waals surface area contributed by atoms with E-state index in [-0.39, 0.29) is 5.60 Å². The summed E-state index contributed by atoms with van der Waals surface area (Å²) in [6.45, 7) is 11.4. The second-order valence-electron chi connectivity index (χ2n) is 2.98. The zero-order valence-electron chi connectivity index (χ0n) is 6.64. The molecule has 54 valence electrons. The minimum absolute atomic E-state index is 0.179. The maximum atomic E-state index is 5.00. The molecule has 0 saturated heterocycles. The molecular weight excluding hydrogens is 114 g/mol. The Balaban J connectivity index is 3.84. The fourth-order valence-corrected chi connectivity index (χ4v) is 0.272. The molecule has 0 aromatic heterocycles. The summed E-state index contributed by atoms with van der Waals surface area (Å²) in [4.78, 5) is 5.00. The number of rotatable bonds is 3. The van der Waals surface area contributed by atoms with Crippen LogP contribution < -0.4 is 0 Å². The van der Waals surface area contributed by atoms with Gasteiger partial charge in [0.15, 0.2) is 0 Å². The van der Waals surface area contributed by atoms with Gasteiger partial charge < -0.3 is 4.84 Å². The first-order chi connectivity index (χ1) is 4.00. The summed E-state index contributed by atoms with van der Waals surface area (Å²) in [7, 11) is 0. The average Bonchev–Trinajstić information content (AvgIpc) is 1.65. The van der Waals surface area contributed by atoms with E-state index in [0.29, 0.717) is 5.92 Å². The highest BCUT2D eigenvalue weighted by molar-refractivity contribution is 5.21. The van der Waals surface area contributed by atoms with Gasteiger partial charge in [0.05, 0.1) is 0 Å². The number of hydrogen-bond acceptors (Lipinski definition) is 2. The van der Waals surface area contributed by atoms with E-state index >= 15 is 0 Å². The van der Waals surface area contributed by atoms with Crippen LogP contribution in [0.15, 0.2) is 5.16 Å². The first kappa shape index (κ1) is 8.47. The predicted octanol–water partition coefficient (Wildman–Crippen LogP) is 2.05. The zero-order valence-corrected chi connectivity index (χ0v) is 6.64. The number of nitrogens with zero attached hydrogens (tertiary/aromatic N) is 1. The van der Waals surface area contributed by atoms with Crippen LogP contribution in [0.1, 0.15) is 27.7 Å². The Labute approximate surface area is 56.9 Å². The normalized spacial score (nSPS) is 11.7. The topological polar surface area (TPSA) is 21.6 Å². The maximum Gasteiger partial charge on any atom is 0.134 e. The maximum absolute atomic E-state index is 5.00. The van der Waals surface area contributed by atoms with Crippen LogP contribution in [0.3, 0.4) is 0 Å². The van der Waals surface area contributed by atoms with Crippen LogP contribution in [-0.2, 0) is 4.84 Å². The molecule has 0 bridgehead atoms. The predicted molar refractivity (Wildman–Crippen MR) is 39.6 cm³/mol. The second kappa shape index (κ2) is 2.85. The van der Waals surface area contributed by atoms with Crippen LogP contribution in [0.25, 0.3) is 0 Å². The van der Waals surface area contributed by atoms with E-state index in [2.05, 4.69) is 25.7 Å². The van der Waals surface area contributed by atoms with Gasteiger partial charge in [-0.1, -0.05) is 13.8 Å². The lowest BCUT2D eigenvalue weighted by molar-refractivity contribution is -0.0465. The molecule has 0 amide bonds. The average molecular weight is 129 g/mol. The Morgan fingerprint density at radius 3 is 2.00 bits per heavy atom. The monoisotopic (exact) mass is 129 g/mol. The Kier molecular flexibility index (Phi) is 2.68. The molecule has 0 spiro atoms. The Bertz CT molecular complexity index is 97.1. The SMILES string of the molecule is C=NOC(C)(C)C(C)C. The molecule has 0 radical (unpaired) electrons. The number of hydrogen-bond donors (Lipinski definition) is 0. The minimum Gasteiger partial charge on any atom is -0.390 e. The van der Waals surface area contributed by atoms with Gasteiger partial charge in [-0.2, -0.15) is 0 Å². The third kappa shape index (κ3) is 2.49. The largest absolute Gasteiger partial charge is 0.390 e. The van der Waals surface area contributed by atoms with E-state index < -0.39 is 0 Å². The van der Waals surface area contributed by atoms with E-state index in [1.807, 2.05) is 13.8 Å². The van der Waals surface area contributed by atoms with Crippen molar-refractivity contribution in [3.63, 3.8) is 0 Å². The van der Waals surface area contributed by atoms with Crippen LogP contribution in [0.5, 0.6) is 0 Å². The van der Waals surface area contributed by atoms with Crippen LogP contribution in [0.2, 0.25) is 0 Å². The van der Waals surface area contributed by atoms with Crippen molar-refractivity contribution in [2.24, 2.45) is 11.1 Å². The third-order valence-corrected chi connectivity index (χ3v) is 1.69. The molecule has 0 atom stereocenters. The highest BCUT2D eigenvalue weighted by atomic mass is 16.6. The Morgan fingerprint density at radius 2 is 1.89 bits per heavy atom. The molecule has 0 aromatic rings. The van der Waals surface area contributed by atoms with Crippen molar-refractivity contribution in [2.45, 2.75) is 33.3 Å². The molecule has 0 fully saturated rings. The summed E-state index contributed by atoms with van der Waals surface area (Å²) in [5.41, 5.74) is -0.179. The summed E-state index contributed by atoms with van der Waals surface area (Å²) in [5.74, 6) is 0.461. The molecule has 0 heterocycles. The van der Waals surface area contributed by atoms with Gasteiger partial charge in [-0.05, 0) is 19.8 Å². The van der Waals surface area contributed by atoms with E-state index in [0.717, 1.165) is 0 Å². The highest BCUT2D eigenvalue weighted by Gasteiger charge is 2.23. The van der Waals surface area contributed by atoms with Gasteiger partial charge in [-0.15, -0.1) is 5.16 Å². The van der Waals surface area contributed by atoms with Crippen LogP contribution in [0, 0.1) is 5.92 Å². The lowest BCUT2D eigenvalue weighted by Crippen LogP contribution is -2.28. The van der Waals surface area contributed by atoms with Gasteiger partial charge >= 0.3 is 0 Å². The van der Waals surface area contributed by atoms with Crippen molar-refractivity contribution in [1.29, 1.82) is 0 Å². The fourth-order valence-electron chi connectivity index (χ4n) is 0.272. The van der Waals surface area contributed by atoms with Crippen molar-refractivity contribution in [2.75, 3.05) is 0 Å². The molecule has 0 aromatic carbocycles. The fraction of sp³-hybridized carbons (Fsp3) is 0.857. The van der Waals surface area contributed by atoms with Crippen LogP contribution in [-0.4, -0.2) is 12.3 Å². The van der Waals surface area contributed by atoms with E-state index in [9.17, 15) is 0 Å². The van der Waals surface area contributed by atoms with E-state index in [4.69, 9.17) is 4.84 Å². The summed E-state index contributed by atoms with van der Waals surface area (Å²) in [6, 6.07) is 0. The highest BCUT2D eigenvalue weighted by Crippen LogP contribution is 2.19. The summed E-state index contributed by atoms with van der Waals surface area (Å²) in [5, 5.41) is 3.38. The van der Waals surface area contributed by atoms with Gasteiger partial charge in [0, 0.05) is 6.72 Å². The Morgan fingerprint density at radius 1 is 1.44 bits per heavy atom. The second-order valence-corrected chi connectivity index (χ2v) is 2.98. The van der Waals surface area contributed by atoms with Crippen molar-refractivity contribution in [1.82, 2.24) is 0 Å². The molecule has 0 aliphatic carbocycles. The minimum atomic E-state index is -0.179. The molecule has 0 N–H and O–H groups in total. The van der Waals surface area contributed by atoms with Gasteiger partial charge in [-0.25, -0.2) is 0 Å². The quantitative estimate of drug-likeness (QED) is 0.422. The summed E-state index contributed by atoms with van der Waals surface area (Å²) < 4.78 is 0. The first-order valence-corrected chi connectivity index (χ1v) is 3.15. The van der Waals surface area contributed by atoms with E-state index in [1.165, 1.54) is 0 Å². The van der Waals surface area contributed by atoms with Gasteiger partial charge in [0.1, 0.15) is 5.60 Å². The van der Waals surface area contributed by atoms with Crippen molar-refractivity contribution in [3.8, 4) is 0 Å². The molecule has 2 nitrogen and oxygen atoms in total. The van der Waals surface area contributed by atoms with Crippen molar-refractivity contribution in [3.05, 3.63) is 0 Å². The van der Waals surface area contributed by atoms with Gasteiger partial charge in [0.2, 0.25) is 0 Å². The van der Waals surface area contributed by atoms with Gasteiger partial charge in [-0.3, -0.25) is 0 Å². The molecule has 0 rings (SSSR count). The molecule has 0 aliphatic rings. The van der Waals surface area contributed by atoms with Crippen LogP contribution in [0.4, 0.5) is 0 Å². The van der Waals surface area contributed by atoms with Crippen LogP contribution >= 0.6 is 0 Å². The summed E-state index contributed by atoms with van der Waals surface area (Å²) >= 11 is 0. The Hall–Kier alpha value is -0.530. The molecule has 0 saturated carbocycles. The smallest absolute Gasteiger partial charge is 0.134 e. The van der Waals surface area contributed by atoms with Gasteiger partial charge in [0.25, 0.3) is 0 Å². The standard InChI is InChI=1S/C7H15NO/c1-6(2)7(3,4)9-8-5/h6H,5H2,1-4H3. The molecular formula is C7H15NO. The molecule has 9 heavy (non-hydrogen) atoms. The van der Waals surface area contributed by atoms with E-state index in [1.54, 1.807) is 0 Å². The lowest BCUT2D eigenvalue weighted by Gasteiger charge is -2.25. The molecule has 0 aliphatic heterocycles. The van der Waals surface area contributed by atoms with Crippen molar-refractivity contribution >= 4 is 6.72 Å². The zero-order chi connectivity index (χ0) is 7.49. The summed E-state index contributed by atoms with van der Waals surface area (Å²) in [6.07, 6.45) is 0. The van der Waals surface area contributed by atoms with Crippen molar-refractivity contribution < 1.29 is 4.84 Å². The first-order valence-electron chi connectivity index (χ1n) is 3.15. The number of oxime groups is 1. The molecule has 2 heteroatoms. The third-order valence-electron chi connectivity index (χ3n) is 1.69. The lowest BCUT2D eigenvalue weighted by atomic mass is 9.95.